The fourth-order valence-corrected chi connectivity index (χ4v) is 4.84. The molecule has 0 radical (unpaired) electrons. The largest absolute Gasteiger partial charge is 0.311 e. The lowest BCUT2D eigenvalue weighted by Crippen LogP contribution is -2.39. The summed E-state index contributed by atoms with van der Waals surface area (Å²) in [6, 6.07) is 17.8. The average molecular weight is 401 g/mol. The SMILES string of the molecule is O=C(Cn1cnc2scc(-c3ccccc3)c2c1=O)N1CCCc2ccccc21. The van der Waals surface area contributed by atoms with E-state index in [4.69, 9.17) is 0 Å². The van der Waals surface area contributed by atoms with E-state index < -0.39 is 0 Å². The van der Waals surface area contributed by atoms with Crippen molar-refractivity contribution in [1.82, 2.24) is 9.55 Å². The normalized spacial score (nSPS) is 13.4. The third kappa shape index (κ3) is 3.15. The molecule has 1 aliphatic heterocycles. The smallest absolute Gasteiger partial charge is 0.263 e. The number of nitrogens with zero attached hydrogens (tertiary/aromatic N) is 3. The molecule has 5 rings (SSSR count). The fourth-order valence-electron chi connectivity index (χ4n) is 3.93. The second kappa shape index (κ2) is 7.29. The highest BCUT2D eigenvalue weighted by Crippen LogP contribution is 2.30. The molecule has 4 aromatic rings. The molecule has 3 heterocycles. The van der Waals surface area contributed by atoms with Gasteiger partial charge in [-0.2, -0.15) is 0 Å². The van der Waals surface area contributed by atoms with E-state index in [-0.39, 0.29) is 18.0 Å². The van der Waals surface area contributed by atoms with Crippen LogP contribution in [0.5, 0.6) is 0 Å². The molecule has 0 atom stereocenters. The van der Waals surface area contributed by atoms with E-state index in [0.29, 0.717) is 16.8 Å². The monoisotopic (exact) mass is 401 g/mol. The molecule has 0 bridgehead atoms. The molecule has 0 aliphatic carbocycles. The van der Waals surface area contributed by atoms with Crippen molar-refractivity contribution in [2.45, 2.75) is 19.4 Å². The Balaban J connectivity index is 1.51. The number of amides is 1. The van der Waals surface area contributed by atoms with Crippen LogP contribution in [0.3, 0.4) is 0 Å². The number of benzene rings is 2. The maximum absolute atomic E-state index is 13.2. The van der Waals surface area contributed by atoms with Crippen LogP contribution in [0.25, 0.3) is 21.3 Å². The number of hydrogen-bond acceptors (Lipinski definition) is 4. The van der Waals surface area contributed by atoms with Crippen molar-refractivity contribution in [1.29, 1.82) is 0 Å². The van der Waals surface area contributed by atoms with Crippen molar-refractivity contribution in [3.05, 3.63) is 82.2 Å². The molecule has 6 heteroatoms. The predicted molar refractivity (Wildman–Crippen MR) is 116 cm³/mol. The zero-order valence-corrected chi connectivity index (χ0v) is 16.6. The minimum Gasteiger partial charge on any atom is -0.311 e. The van der Waals surface area contributed by atoms with Crippen LogP contribution in [0.2, 0.25) is 0 Å². The summed E-state index contributed by atoms with van der Waals surface area (Å²) in [6.45, 7) is 0.661. The van der Waals surface area contributed by atoms with E-state index in [1.54, 1.807) is 4.90 Å². The molecule has 2 aromatic carbocycles. The molecule has 1 aliphatic rings. The standard InChI is InChI=1S/C23H19N3O2S/c27-20(26-12-6-10-17-9-4-5-11-19(17)26)13-25-15-24-22-21(23(25)28)18(14-29-22)16-7-2-1-3-8-16/h1-5,7-9,11,14-15H,6,10,12-13H2. The Labute approximate surface area is 171 Å². The Morgan fingerprint density at radius 2 is 1.86 bits per heavy atom. The van der Waals surface area contributed by atoms with Crippen molar-refractivity contribution >= 4 is 33.1 Å². The maximum atomic E-state index is 13.2. The average Bonchev–Trinajstić information content (AvgIpc) is 3.21. The van der Waals surface area contributed by atoms with E-state index in [9.17, 15) is 9.59 Å². The number of carbonyl (C=O) groups excluding carboxylic acids is 1. The third-order valence-electron chi connectivity index (χ3n) is 5.36. The molecular weight excluding hydrogens is 382 g/mol. The first-order valence-corrected chi connectivity index (χ1v) is 10.5. The molecule has 0 unspecified atom stereocenters. The third-order valence-corrected chi connectivity index (χ3v) is 6.25. The predicted octanol–water partition coefficient (Wildman–Crippen LogP) is 4.10. The molecule has 0 N–H and O–H groups in total. The van der Waals surface area contributed by atoms with Crippen LogP contribution in [0.1, 0.15) is 12.0 Å². The minimum atomic E-state index is -0.172. The number of para-hydroxylation sites is 1. The zero-order chi connectivity index (χ0) is 19.8. The van der Waals surface area contributed by atoms with Gasteiger partial charge in [-0.15, -0.1) is 11.3 Å². The van der Waals surface area contributed by atoms with Crippen molar-refractivity contribution in [2.75, 3.05) is 11.4 Å². The molecule has 1 amide bonds. The summed E-state index contributed by atoms with van der Waals surface area (Å²) in [5, 5.41) is 2.54. The van der Waals surface area contributed by atoms with Crippen LogP contribution in [0.15, 0.2) is 71.1 Å². The zero-order valence-electron chi connectivity index (χ0n) is 15.7. The van der Waals surface area contributed by atoms with E-state index >= 15 is 0 Å². The van der Waals surface area contributed by atoms with Crippen LogP contribution in [-0.2, 0) is 17.8 Å². The number of anilines is 1. The Kier molecular flexibility index (Phi) is 4.48. The highest BCUT2D eigenvalue weighted by atomic mass is 32.1. The van der Waals surface area contributed by atoms with Gasteiger partial charge in [0.1, 0.15) is 11.4 Å². The molecule has 0 saturated heterocycles. The Hall–Kier alpha value is -3.25. The van der Waals surface area contributed by atoms with Crippen LogP contribution in [-0.4, -0.2) is 22.0 Å². The second-order valence-electron chi connectivity index (χ2n) is 7.15. The van der Waals surface area contributed by atoms with Gasteiger partial charge in [-0.25, -0.2) is 4.98 Å². The first kappa shape index (κ1) is 17.8. The number of carbonyl (C=O) groups is 1. The molecular formula is C23H19N3O2S. The van der Waals surface area contributed by atoms with Gasteiger partial charge in [-0.3, -0.25) is 14.2 Å². The molecule has 144 valence electrons. The molecule has 29 heavy (non-hydrogen) atoms. The van der Waals surface area contributed by atoms with Crippen molar-refractivity contribution in [3.8, 4) is 11.1 Å². The maximum Gasteiger partial charge on any atom is 0.263 e. The summed E-state index contributed by atoms with van der Waals surface area (Å²) in [6.07, 6.45) is 3.39. The van der Waals surface area contributed by atoms with Crippen LogP contribution in [0.4, 0.5) is 5.69 Å². The molecule has 2 aromatic heterocycles. The first-order chi connectivity index (χ1) is 14.2. The number of fused-ring (bicyclic) bond motifs is 2. The summed E-state index contributed by atoms with van der Waals surface area (Å²) >= 11 is 1.45. The number of aromatic nitrogens is 2. The van der Waals surface area contributed by atoms with Crippen molar-refractivity contribution in [2.24, 2.45) is 0 Å². The van der Waals surface area contributed by atoms with Gasteiger partial charge in [-0.1, -0.05) is 48.5 Å². The fraction of sp³-hybridized carbons (Fsp3) is 0.174. The van der Waals surface area contributed by atoms with Gasteiger partial charge in [0.2, 0.25) is 5.91 Å². The summed E-state index contributed by atoms with van der Waals surface area (Å²) in [5.41, 5.74) is 3.80. The lowest BCUT2D eigenvalue weighted by atomic mass is 10.0. The van der Waals surface area contributed by atoms with Crippen molar-refractivity contribution < 1.29 is 4.79 Å². The van der Waals surface area contributed by atoms with Gasteiger partial charge in [0.15, 0.2) is 0 Å². The van der Waals surface area contributed by atoms with E-state index in [1.165, 1.54) is 27.8 Å². The molecule has 0 fully saturated rings. The van der Waals surface area contributed by atoms with E-state index in [2.05, 4.69) is 11.1 Å². The van der Waals surface area contributed by atoms with Crippen molar-refractivity contribution in [3.63, 3.8) is 0 Å². The van der Waals surface area contributed by atoms with Gasteiger partial charge in [0, 0.05) is 23.2 Å². The lowest BCUT2D eigenvalue weighted by Gasteiger charge is -2.29. The molecule has 0 spiro atoms. The number of hydrogen-bond donors (Lipinski definition) is 0. The number of rotatable bonds is 3. The topological polar surface area (TPSA) is 55.2 Å². The molecule has 0 saturated carbocycles. The highest BCUT2D eigenvalue weighted by Gasteiger charge is 2.23. The Bertz CT molecular complexity index is 1260. The number of aryl methyl sites for hydroxylation is 1. The van der Waals surface area contributed by atoms with Crippen LogP contribution >= 0.6 is 11.3 Å². The van der Waals surface area contributed by atoms with Gasteiger partial charge in [0.25, 0.3) is 5.56 Å². The van der Waals surface area contributed by atoms with Gasteiger partial charge >= 0.3 is 0 Å². The van der Waals surface area contributed by atoms with Gasteiger partial charge < -0.3 is 4.90 Å². The quantitative estimate of drug-likeness (QED) is 0.519. The molecule has 5 nitrogen and oxygen atoms in total. The van der Waals surface area contributed by atoms with Crippen LogP contribution in [0, 0.1) is 0 Å². The lowest BCUT2D eigenvalue weighted by molar-refractivity contribution is -0.119. The Morgan fingerprint density at radius 1 is 1.07 bits per heavy atom. The number of thiophene rings is 1. The van der Waals surface area contributed by atoms with Gasteiger partial charge in [-0.05, 0) is 30.0 Å². The summed E-state index contributed by atoms with van der Waals surface area (Å²) in [5.74, 6) is -0.0862. The summed E-state index contributed by atoms with van der Waals surface area (Å²) in [7, 11) is 0. The first-order valence-electron chi connectivity index (χ1n) is 9.63. The van der Waals surface area contributed by atoms with E-state index in [1.807, 2.05) is 53.9 Å². The summed E-state index contributed by atoms with van der Waals surface area (Å²) in [4.78, 5) is 33.2. The highest BCUT2D eigenvalue weighted by molar-refractivity contribution is 7.17. The van der Waals surface area contributed by atoms with E-state index in [0.717, 1.165) is 29.7 Å². The second-order valence-corrected chi connectivity index (χ2v) is 8.01. The van der Waals surface area contributed by atoms with Gasteiger partial charge in [0.05, 0.1) is 11.7 Å². The Morgan fingerprint density at radius 3 is 2.72 bits per heavy atom. The van der Waals surface area contributed by atoms with Crippen LogP contribution < -0.4 is 10.5 Å². The minimum absolute atomic E-state index is 0.0137. The summed E-state index contributed by atoms with van der Waals surface area (Å²) < 4.78 is 1.43.